The minimum absolute atomic E-state index is 0.214. The minimum atomic E-state index is -0.486. The van der Waals surface area contributed by atoms with Crippen molar-refractivity contribution in [2.75, 3.05) is 5.32 Å². The molecule has 1 aromatic carbocycles. The summed E-state index contributed by atoms with van der Waals surface area (Å²) in [6, 6.07) is 5.18. The van der Waals surface area contributed by atoms with Crippen LogP contribution >= 0.6 is 22.9 Å². The monoisotopic (exact) mass is 433 g/mol. The van der Waals surface area contributed by atoms with Crippen LogP contribution in [-0.4, -0.2) is 27.5 Å². The number of amides is 1. The molecule has 0 bridgehead atoms. The van der Waals surface area contributed by atoms with Gasteiger partial charge in [0.25, 0.3) is 5.56 Å². The number of fused-ring (bicyclic) bond motifs is 1. The first-order valence-electron chi connectivity index (χ1n) is 8.93. The number of hydrogen-bond acceptors (Lipinski definition) is 6. The first-order valence-corrected chi connectivity index (χ1v) is 10.1. The van der Waals surface area contributed by atoms with Gasteiger partial charge in [0.15, 0.2) is 0 Å². The second-order valence-corrected chi connectivity index (χ2v) is 8.31. The summed E-state index contributed by atoms with van der Waals surface area (Å²) in [4.78, 5) is 42.6. The van der Waals surface area contributed by atoms with Crippen LogP contribution in [-0.2, 0) is 16.1 Å². The molecule has 0 fully saturated rings. The minimum Gasteiger partial charge on any atom is -0.459 e. The summed E-state index contributed by atoms with van der Waals surface area (Å²) in [6.07, 6.45) is 1.04. The van der Waals surface area contributed by atoms with Gasteiger partial charge in [-0.15, -0.1) is 11.3 Å². The van der Waals surface area contributed by atoms with E-state index in [-0.39, 0.29) is 24.1 Å². The van der Waals surface area contributed by atoms with Gasteiger partial charge in [-0.3, -0.25) is 14.2 Å². The lowest BCUT2D eigenvalue weighted by Gasteiger charge is -2.10. The van der Waals surface area contributed by atoms with Crippen LogP contribution in [0, 0.1) is 13.8 Å². The molecule has 0 unspecified atom stereocenters. The average molecular weight is 434 g/mol. The molecule has 0 saturated carbocycles. The molecule has 2 heterocycles. The Morgan fingerprint density at radius 1 is 1.31 bits per heavy atom. The van der Waals surface area contributed by atoms with E-state index >= 15 is 0 Å². The largest absolute Gasteiger partial charge is 0.459 e. The van der Waals surface area contributed by atoms with Crippen LogP contribution in [0.4, 0.5) is 5.69 Å². The van der Waals surface area contributed by atoms with Crippen molar-refractivity contribution in [3.8, 4) is 0 Å². The van der Waals surface area contributed by atoms with Crippen LogP contribution in [0.1, 0.15) is 34.6 Å². The molecular weight excluding hydrogens is 414 g/mol. The average Bonchev–Trinajstić information content (AvgIpc) is 2.97. The zero-order valence-electron chi connectivity index (χ0n) is 16.4. The lowest BCUT2D eigenvalue weighted by atomic mass is 10.2. The molecule has 152 valence electrons. The molecular formula is C20H20ClN3O4S. The van der Waals surface area contributed by atoms with Crippen molar-refractivity contribution < 1.29 is 14.3 Å². The summed E-state index contributed by atoms with van der Waals surface area (Å²) in [5, 5.41) is 3.57. The number of esters is 1. The summed E-state index contributed by atoms with van der Waals surface area (Å²) in [6.45, 7) is 6.82. The Bertz CT molecular complexity index is 1170. The van der Waals surface area contributed by atoms with Gasteiger partial charge in [0, 0.05) is 10.7 Å². The van der Waals surface area contributed by atoms with Gasteiger partial charge >= 0.3 is 5.97 Å². The Kier molecular flexibility index (Phi) is 6.04. The maximum atomic E-state index is 12.9. The maximum absolute atomic E-state index is 12.9. The second kappa shape index (κ2) is 8.34. The van der Waals surface area contributed by atoms with Crippen molar-refractivity contribution >= 4 is 50.7 Å². The summed E-state index contributed by atoms with van der Waals surface area (Å²) in [5.41, 5.74) is 1.56. The summed E-state index contributed by atoms with van der Waals surface area (Å²) in [7, 11) is 0. The fraction of sp³-hybridized carbons (Fsp3) is 0.300. The molecule has 1 amide bonds. The van der Waals surface area contributed by atoms with E-state index in [2.05, 4.69) is 10.3 Å². The van der Waals surface area contributed by atoms with Crippen LogP contribution in [0.25, 0.3) is 10.2 Å². The van der Waals surface area contributed by atoms with Gasteiger partial charge in [0.05, 0.1) is 17.8 Å². The van der Waals surface area contributed by atoms with E-state index in [0.717, 1.165) is 16.9 Å². The normalized spacial score (nSPS) is 11.1. The van der Waals surface area contributed by atoms with Gasteiger partial charge in [-0.05, 0) is 51.0 Å². The number of halogens is 1. The van der Waals surface area contributed by atoms with Crippen LogP contribution in [0.3, 0.4) is 0 Å². The number of carbonyl (C=O) groups excluding carboxylic acids is 2. The zero-order chi connectivity index (χ0) is 21.3. The van der Waals surface area contributed by atoms with Crippen LogP contribution in [0.5, 0.6) is 0 Å². The standard InChI is InChI=1S/C20H20ClN3O4S/c1-10(2)28-20(27)17-12(4)16-18(29-17)22-9-24(19(16)26)8-15(25)23-14-7-13(21)6-5-11(14)3/h5-7,9-10H,8H2,1-4H3,(H,23,25). The molecule has 2 aromatic heterocycles. The highest BCUT2D eigenvalue weighted by atomic mass is 35.5. The topological polar surface area (TPSA) is 90.3 Å². The first-order chi connectivity index (χ1) is 13.7. The summed E-state index contributed by atoms with van der Waals surface area (Å²) < 4.78 is 6.45. The molecule has 0 spiro atoms. The number of hydrogen-bond donors (Lipinski definition) is 1. The highest BCUT2D eigenvalue weighted by Crippen LogP contribution is 2.27. The Morgan fingerprint density at radius 3 is 2.72 bits per heavy atom. The molecule has 1 N–H and O–H groups in total. The van der Waals surface area contributed by atoms with Gasteiger partial charge in [-0.2, -0.15) is 0 Å². The first kappa shape index (κ1) is 21.0. The van der Waals surface area contributed by atoms with Crippen molar-refractivity contribution in [2.45, 2.75) is 40.3 Å². The smallest absolute Gasteiger partial charge is 0.348 e. The van der Waals surface area contributed by atoms with Gasteiger partial charge < -0.3 is 10.1 Å². The second-order valence-electron chi connectivity index (χ2n) is 6.88. The van der Waals surface area contributed by atoms with E-state index in [1.807, 2.05) is 6.92 Å². The Labute approximate surface area is 176 Å². The van der Waals surface area contributed by atoms with E-state index in [1.165, 1.54) is 10.9 Å². The lowest BCUT2D eigenvalue weighted by Crippen LogP contribution is -2.28. The zero-order valence-corrected chi connectivity index (χ0v) is 18.0. The number of benzene rings is 1. The number of anilines is 1. The highest BCUT2D eigenvalue weighted by Gasteiger charge is 2.21. The number of carbonyl (C=O) groups is 2. The molecule has 0 aliphatic heterocycles. The number of thiophene rings is 1. The number of nitrogens with one attached hydrogen (secondary N) is 1. The third kappa shape index (κ3) is 4.49. The molecule has 29 heavy (non-hydrogen) atoms. The van der Waals surface area contributed by atoms with Crippen molar-refractivity contribution in [3.05, 3.63) is 55.9 Å². The fourth-order valence-electron chi connectivity index (χ4n) is 2.81. The van der Waals surface area contributed by atoms with E-state index < -0.39 is 5.97 Å². The molecule has 0 atom stereocenters. The lowest BCUT2D eigenvalue weighted by molar-refractivity contribution is -0.116. The molecule has 0 aliphatic carbocycles. The van der Waals surface area contributed by atoms with E-state index in [4.69, 9.17) is 16.3 Å². The number of nitrogens with zero attached hydrogens (tertiary/aromatic N) is 2. The van der Waals surface area contributed by atoms with Gasteiger partial charge in [-0.1, -0.05) is 17.7 Å². The number of aryl methyl sites for hydroxylation is 2. The van der Waals surface area contributed by atoms with Crippen molar-refractivity contribution in [2.24, 2.45) is 0 Å². The predicted molar refractivity (Wildman–Crippen MR) is 114 cm³/mol. The maximum Gasteiger partial charge on any atom is 0.348 e. The number of rotatable bonds is 5. The van der Waals surface area contributed by atoms with Crippen molar-refractivity contribution in [1.82, 2.24) is 9.55 Å². The van der Waals surface area contributed by atoms with Crippen molar-refractivity contribution in [3.63, 3.8) is 0 Å². The van der Waals surface area contributed by atoms with E-state index in [0.29, 0.717) is 31.4 Å². The molecule has 7 nitrogen and oxygen atoms in total. The SMILES string of the molecule is Cc1ccc(Cl)cc1NC(=O)Cn1cnc2sc(C(=O)OC(C)C)c(C)c2c1=O. The molecule has 3 rings (SSSR count). The molecule has 0 saturated heterocycles. The number of ether oxygens (including phenoxy) is 1. The third-order valence-corrected chi connectivity index (χ3v) is 5.65. The van der Waals surface area contributed by atoms with Gasteiger partial charge in [0.2, 0.25) is 5.91 Å². The molecule has 0 radical (unpaired) electrons. The van der Waals surface area contributed by atoms with Crippen molar-refractivity contribution in [1.29, 1.82) is 0 Å². The van der Waals surface area contributed by atoms with E-state index in [1.54, 1.807) is 39.0 Å². The Balaban J connectivity index is 1.89. The molecule has 9 heteroatoms. The highest BCUT2D eigenvalue weighted by molar-refractivity contribution is 7.20. The summed E-state index contributed by atoms with van der Waals surface area (Å²) in [5.74, 6) is -0.869. The third-order valence-electron chi connectivity index (χ3n) is 4.23. The van der Waals surface area contributed by atoms with Crippen LogP contribution < -0.4 is 10.9 Å². The van der Waals surface area contributed by atoms with Crippen LogP contribution in [0.15, 0.2) is 29.3 Å². The van der Waals surface area contributed by atoms with E-state index in [9.17, 15) is 14.4 Å². The van der Waals surface area contributed by atoms with Gasteiger partial charge in [-0.25, -0.2) is 9.78 Å². The Hall–Kier alpha value is -2.71. The molecule has 3 aromatic rings. The molecule has 0 aliphatic rings. The number of aromatic nitrogens is 2. The Morgan fingerprint density at radius 2 is 2.03 bits per heavy atom. The predicted octanol–water partition coefficient (Wildman–Crippen LogP) is 3.93. The van der Waals surface area contributed by atoms with Gasteiger partial charge in [0.1, 0.15) is 16.3 Å². The summed E-state index contributed by atoms with van der Waals surface area (Å²) >= 11 is 7.08. The quantitative estimate of drug-likeness (QED) is 0.615. The van der Waals surface area contributed by atoms with Crippen LogP contribution in [0.2, 0.25) is 5.02 Å². The fourth-order valence-corrected chi connectivity index (χ4v) is 4.00.